The van der Waals surface area contributed by atoms with Crippen molar-refractivity contribution in [1.82, 2.24) is 0 Å². The van der Waals surface area contributed by atoms with Gasteiger partial charge in [-0.25, -0.2) is 0 Å². The van der Waals surface area contributed by atoms with Crippen molar-refractivity contribution in [2.24, 2.45) is 0 Å². The van der Waals surface area contributed by atoms with Gasteiger partial charge in [-0.05, 0) is 80.9 Å². The van der Waals surface area contributed by atoms with E-state index in [-0.39, 0.29) is 17.3 Å². The van der Waals surface area contributed by atoms with Crippen molar-refractivity contribution in [2.45, 2.75) is 155 Å². The first-order valence-corrected chi connectivity index (χ1v) is 18.3. The minimum Gasteiger partial charge on any atom is -0.550 e. The molecule has 0 heterocycles. The lowest BCUT2D eigenvalue weighted by Crippen LogP contribution is -2.20. The third kappa shape index (κ3) is 9.00. The third-order valence-corrected chi connectivity index (χ3v) is 11.3. The monoisotopic (exact) mass is 602 g/mol. The summed E-state index contributed by atoms with van der Waals surface area (Å²) in [6.07, 6.45) is 10.7. The molecule has 0 saturated heterocycles. The van der Waals surface area contributed by atoms with Crippen LogP contribution in [0.5, 0.6) is 0 Å². The van der Waals surface area contributed by atoms with Gasteiger partial charge < -0.3 is 9.90 Å². The molecule has 2 nitrogen and oxygen atoms in total. The molecular formula is C40H58O2S. The Morgan fingerprint density at radius 3 is 0.814 bits per heavy atom. The zero-order chi connectivity index (χ0) is 32.1. The van der Waals surface area contributed by atoms with Crippen LogP contribution in [0.3, 0.4) is 0 Å². The summed E-state index contributed by atoms with van der Waals surface area (Å²) in [6.45, 7) is 22.9. The van der Waals surface area contributed by atoms with Crippen LogP contribution in [0, 0.1) is 0 Å². The van der Waals surface area contributed by atoms with E-state index in [1.807, 2.05) is 0 Å². The van der Waals surface area contributed by atoms with E-state index in [0.29, 0.717) is 6.42 Å². The maximum absolute atomic E-state index is 9.49. The molecule has 3 aromatic carbocycles. The van der Waals surface area contributed by atoms with Crippen molar-refractivity contribution >= 4 is 16.9 Å². The van der Waals surface area contributed by atoms with Gasteiger partial charge in [-0.15, -0.1) is 0 Å². The average molecular weight is 603 g/mol. The van der Waals surface area contributed by atoms with E-state index in [2.05, 4.69) is 98.7 Å². The number of carbonyl (C=O) groups is 1. The van der Waals surface area contributed by atoms with Gasteiger partial charge >= 0.3 is 0 Å². The molecule has 0 unspecified atom stereocenters. The molecule has 0 aliphatic heterocycles. The highest BCUT2D eigenvalue weighted by molar-refractivity contribution is 7.97. The molecule has 0 fully saturated rings. The quantitative estimate of drug-likeness (QED) is 0.173. The molecule has 0 amide bonds. The first-order valence-electron chi connectivity index (χ1n) is 17.1. The van der Waals surface area contributed by atoms with Crippen LogP contribution in [0.15, 0.2) is 51.1 Å². The van der Waals surface area contributed by atoms with Crippen LogP contribution in [0.2, 0.25) is 0 Å². The van der Waals surface area contributed by atoms with Crippen molar-refractivity contribution in [3.63, 3.8) is 0 Å². The molecule has 0 aromatic heterocycles. The minimum absolute atomic E-state index is 0.114. The first kappa shape index (κ1) is 36.7. The number of aryl methyl sites for hydroxylation is 9. The summed E-state index contributed by atoms with van der Waals surface area (Å²) in [4.78, 5) is 14.4. The SMILES string of the molecule is CCCC(=O)[O-].CCc1cc(CC)c([S+](c2c(CC)cc(CC)cc2CC)c2c(CC)cc(CC)cc2CC)c(CC)c1. The van der Waals surface area contributed by atoms with Crippen LogP contribution in [-0.4, -0.2) is 5.97 Å². The Balaban J connectivity index is 0.000000973. The van der Waals surface area contributed by atoms with E-state index in [4.69, 9.17) is 0 Å². The zero-order valence-corrected chi connectivity index (χ0v) is 29.8. The molecule has 3 heteroatoms. The van der Waals surface area contributed by atoms with E-state index >= 15 is 0 Å². The number of carboxylic acids is 1. The summed E-state index contributed by atoms with van der Waals surface area (Å²) in [5, 5.41) is 9.49. The van der Waals surface area contributed by atoms with Gasteiger partial charge in [0.2, 0.25) is 0 Å². The fourth-order valence-corrected chi connectivity index (χ4v) is 9.37. The van der Waals surface area contributed by atoms with Crippen molar-refractivity contribution in [1.29, 1.82) is 0 Å². The second-order valence-electron chi connectivity index (χ2n) is 11.3. The third-order valence-electron chi connectivity index (χ3n) is 8.48. The van der Waals surface area contributed by atoms with Gasteiger partial charge in [-0.1, -0.05) is 112 Å². The van der Waals surface area contributed by atoms with Gasteiger partial charge in [0.05, 0.1) is 0 Å². The van der Waals surface area contributed by atoms with E-state index < -0.39 is 5.97 Å². The van der Waals surface area contributed by atoms with Crippen LogP contribution in [0.4, 0.5) is 0 Å². The Hall–Kier alpha value is -2.52. The zero-order valence-electron chi connectivity index (χ0n) is 29.0. The molecule has 0 N–H and O–H groups in total. The molecule has 43 heavy (non-hydrogen) atoms. The van der Waals surface area contributed by atoms with Crippen molar-refractivity contribution < 1.29 is 9.90 Å². The lowest BCUT2D eigenvalue weighted by atomic mass is 10.00. The molecule has 0 radical (unpaired) electrons. The number of carboxylic acid groups (broad SMARTS) is 1. The molecule has 0 spiro atoms. The fourth-order valence-electron chi connectivity index (χ4n) is 5.96. The van der Waals surface area contributed by atoms with Gasteiger partial charge in [0, 0.05) is 39.4 Å². The average Bonchev–Trinajstić information content (AvgIpc) is 3.04. The highest BCUT2D eigenvalue weighted by Crippen LogP contribution is 2.44. The summed E-state index contributed by atoms with van der Waals surface area (Å²) < 4.78 is 0. The summed E-state index contributed by atoms with van der Waals surface area (Å²) >= 11 is 0. The van der Waals surface area contributed by atoms with Gasteiger partial charge in [-0.3, -0.25) is 0 Å². The first-order chi connectivity index (χ1) is 20.7. The molecule has 3 aromatic rings. The predicted molar refractivity (Wildman–Crippen MR) is 186 cm³/mol. The number of hydrogen-bond acceptors (Lipinski definition) is 2. The Morgan fingerprint density at radius 1 is 0.465 bits per heavy atom. The fraction of sp³-hybridized carbons (Fsp3) is 0.525. The van der Waals surface area contributed by atoms with E-state index in [1.54, 1.807) is 55.0 Å². The number of rotatable bonds is 14. The normalized spacial score (nSPS) is 11.0. The van der Waals surface area contributed by atoms with Gasteiger partial charge in [0.15, 0.2) is 14.7 Å². The minimum atomic E-state index is -0.961. The summed E-state index contributed by atoms with van der Waals surface area (Å²) in [6, 6.07) is 15.2. The Bertz CT molecular complexity index is 1110. The van der Waals surface area contributed by atoms with Crippen LogP contribution in [0.1, 0.15) is 132 Å². The number of carbonyl (C=O) groups excluding carboxylic acids is 1. The molecule has 236 valence electrons. The second kappa shape index (κ2) is 18.3. The highest BCUT2D eigenvalue weighted by atomic mass is 32.2. The molecule has 0 aliphatic carbocycles. The Kier molecular flexibility index (Phi) is 15.6. The van der Waals surface area contributed by atoms with Crippen molar-refractivity contribution in [3.05, 3.63) is 86.5 Å². The number of benzene rings is 3. The largest absolute Gasteiger partial charge is 0.550 e. The van der Waals surface area contributed by atoms with E-state index in [1.165, 1.54) is 16.7 Å². The van der Waals surface area contributed by atoms with Crippen LogP contribution >= 0.6 is 0 Å². The van der Waals surface area contributed by atoms with Crippen LogP contribution in [0.25, 0.3) is 0 Å². The summed E-state index contributed by atoms with van der Waals surface area (Å²) in [5.74, 6) is -0.961. The smallest absolute Gasteiger partial charge is 0.172 e. The van der Waals surface area contributed by atoms with Crippen molar-refractivity contribution in [3.8, 4) is 0 Å². The predicted octanol–water partition coefficient (Wildman–Crippen LogP) is 9.38. The van der Waals surface area contributed by atoms with E-state index in [0.717, 1.165) is 57.8 Å². The molecule has 0 aliphatic rings. The highest BCUT2D eigenvalue weighted by Gasteiger charge is 2.40. The van der Waals surface area contributed by atoms with Gasteiger partial charge in [-0.2, -0.15) is 0 Å². The molecule has 0 atom stereocenters. The maximum atomic E-state index is 9.49. The number of hydrogen-bond donors (Lipinski definition) is 0. The Morgan fingerprint density at radius 2 is 0.698 bits per heavy atom. The van der Waals surface area contributed by atoms with Gasteiger partial charge in [0.25, 0.3) is 0 Å². The molecule has 0 saturated carbocycles. The van der Waals surface area contributed by atoms with Crippen molar-refractivity contribution in [2.75, 3.05) is 0 Å². The second-order valence-corrected chi connectivity index (χ2v) is 13.2. The topological polar surface area (TPSA) is 40.1 Å². The Labute approximate surface area is 267 Å². The van der Waals surface area contributed by atoms with Gasteiger partial charge in [0.1, 0.15) is 10.9 Å². The van der Waals surface area contributed by atoms with Crippen LogP contribution < -0.4 is 5.11 Å². The molecular weight excluding hydrogens is 545 g/mol. The standard InChI is InChI=1S/C36H51S.C4H8O2/c1-10-25-19-28(13-4)34(29(14-5)20-25)37(35-30(15-6)21-26(11-2)22-31(35)16-7)36-32(17-8)23-27(12-3)24-33(36)18-9;1-2-3-4(5)6/h19-24H,10-18H2,1-9H3;2-3H2,1H3,(H,5,6)/q+1;/p-1. The number of aliphatic carboxylic acids is 1. The summed E-state index contributed by atoms with van der Waals surface area (Å²) in [7, 11) is -0.114. The lowest BCUT2D eigenvalue weighted by Gasteiger charge is -2.24. The summed E-state index contributed by atoms with van der Waals surface area (Å²) in [5.41, 5.74) is 13.8. The molecule has 3 rings (SSSR count). The van der Waals surface area contributed by atoms with E-state index in [9.17, 15) is 9.90 Å². The van der Waals surface area contributed by atoms with Crippen LogP contribution in [-0.2, 0) is 73.5 Å². The molecule has 0 bridgehead atoms. The lowest BCUT2D eigenvalue weighted by molar-refractivity contribution is -0.305. The maximum Gasteiger partial charge on any atom is 0.172 e.